The fourth-order valence-electron chi connectivity index (χ4n) is 0.771. The third-order valence-electron chi connectivity index (χ3n) is 1.24. The standard InChI is InChI=1S/C8H4ClI2NO/c9-5-3-6(10)8(7(11)4-5)13-2-1-12/h3-4H,2H2. The van der Waals surface area contributed by atoms with Crippen molar-refractivity contribution in [2.45, 2.75) is 0 Å². The number of nitriles is 1. The number of nitrogens with zero attached hydrogens (tertiary/aromatic N) is 1. The van der Waals surface area contributed by atoms with Gasteiger partial charge in [0.2, 0.25) is 0 Å². The largest absolute Gasteiger partial charge is 0.477 e. The number of halogens is 3. The molecule has 0 saturated heterocycles. The summed E-state index contributed by atoms with van der Waals surface area (Å²) in [5.74, 6) is 0.729. The first-order valence-corrected chi connectivity index (χ1v) is 5.83. The van der Waals surface area contributed by atoms with Crippen molar-refractivity contribution in [3.63, 3.8) is 0 Å². The van der Waals surface area contributed by atoms with E-state index in [-0.39, 0.29) is 6.61 Å². The first-order chi connectivity index (χ1) is 6.15. The smallest absolute Gasteiger partial charge is 0.174 e. The van der Waals surface area contributed by atoms with Gasteiger partial charge < -0.3 is 4.74 Å². The summed E-state index contributed by atoms with van der Waals surface area (Å²) in [7, 11) is 0. The zero-order chi connectivity index (χ0) is 9.84. The molecule has 0 aliphatic carbocycles. The van der Waals surface area contributed by atoms with Crippen LogP contribution in [0.5, 0.6) is 5.75 Å². The molecule has 0 bridgehead atoms. The first kappa shape index (κ1) is 11.3. The maximum atomic E-state index is 8.36. The van der Waals surface area contributed by atoms with E-state index in [2.05, 4.69) is 45.2 Å². The lowest BCUT2D eigenvalue weighted by atomic mass is 10.3. The van der Waals surface area contributed by atoms with Gasteiger partial charge in [0.1, 0.15) is 11.8 Å². The van der Waals surface area contributed by atoms with E-state index in [4.69, 9.17) is 21.6 Å². The van der Waals surface area contributed by atoms with Crippen molar-refractivity contribution in [2.75, 3.05) is 6.61 Å². The summed E-state index contributed by atoms with van der Waals surface area (Å²) in [5.41, 5.74) is 0. The van der Waals surface area contributed by atoms with Gasteiger partial charge >= 0.3 is 0 Å². The predicted molar refractivity (Wildman–Crippen MR) is 68.0 cm³/mol. The van der Waals surface area contributed by atoms with Crippen LogP contribution in [0.25, 0.3) is 0 Å². The van der Waals surface area contributed by atoms with E-state index in [1.807, 2.05) is 6.07 Å². The molecule has 0 aromatic heterocycles. The molecule has 0 unspecified atom stereocenters. The molecule has 1 aromatic rings. The van der Waals surface area contributed by atoms with Gasteiger partial charge in [-0.15, -0.1) is 0 Å². The van der Waals surface area contributed by atoms with Crippen LogP contribution in [-0.4, -0.2) is 6.61 Å². The monoisotopic (exact) mass is 419 g/mol. The molecule has 0 amide bonds. The molecule has 0 heterocycles. The Bertz CT molecular complexity index is 339. The minimum atomic E-state index is 0.0631. The van der Waals surface area contributed by atoms with Gasteiger partial charge in [0.25, 0.3) is 0 Å². The Morgan fingerprint density at radius 2 is 1.92 bits per heavy atom. The third-order valence-corrected chi connectivity index (χ3v) is 3.06. The van der Waals surface area contributed by atoms with Gasteiger partial charge in [-0.2, -0.15) is 5.26 Å². The second-order valence-electron chi connectivity index (χ2n) is 2.15. The maximum Gasteiger partial charge on any atom is 0.174 e. The highest BCUT2D eigenvalue weighted by molar-refractivity contribution is 14.1. The SMILES string of the molecule is N#CCOc1c(I)cc(Cl)cc1I. The van der Waals surface area contributed by atoms with Gasteiger partial charge in [0.15, 0.2) is 6.61 Å². The van der Waals surface area contributed by atoms with Crippen molar-refractivity contribution in [2.24, 2.45) is 0 Å². The summed E-state index contributed by atoms with van der Waals surface area (Å²) in [6.07, 6.45) is 0. The van der Waals surface area contributed by atoms with Gasteiger partial charge in [0.05, 0.1) is 7.14 Å². The molecule has 13 heavy (non-hydrogen) atoms. The predicted octanol–water partition coefficient (Wildman–Crippen LogP) is 3.45. The van der Waals surface area contributed by atoms with Crippen LogP contribution < -0.4 is 4.74 Å². The highest BCUT2D eigenvalue weighted by Crippen LogP contribution is 2.30. The van der Waals surface area contributed by atoms with Crippen LogP contribution in [-0.2, 0) is 0 Å². The Hall–Kier alpha value is 0.260. The van der Waals surface area contributed by atoms with E-state index < -0.39 is 0 Å². The first-order valence-electron chi connectivity index (χ1n) is 3.29. The van der Waals surface area contributed by atoms with E-state index in [1.54, 1.807) is 12.1 Å². The Morgan fingerprint density at radius 1 is 1.38 bits per heavy atom. The van der Waals surface area contributed by atoms with E-state index in [9.17, 15) is 0 Å². The summed E-state index contributed by atoms with van der Waals surface area (Å²) < 4.78 is 7.08. The Kier molecular flexibility index (Phi) is 4.55. The fourth-order valence-corrected chi connectivity index (χ4v) is 3.44. The average molecular weight is 419 g/mol. The Morgan fingerprint density at radius 3 is 2.38 bits per heavy atom. The molecule has 0 N–H and O–H groups in total. The molecular formula is C8H4ClI2NO. The summed E-state index contributed by atoms with van der Waals surface area (Å²) in [4.78, 5) is 0. The number of hydrogen-bond donors (Lipinski definition) is 0. The summed E-state index contributed by atoms with van der Waals surface area (Å²) in [6.45, 7) is 0.0631. The zero-order valence-corrected chi connectivity index (χ0v) is 11.4. The molecule has 0 aliphatic rings. The molecule has 0 aliphatic heterocycles. The van der Waals surface area contributed by atoms with Crippen molar-refractivity contribution in [1.82, 2.24) is 0 Å². The molecule has 0 saturated carbocycles. The van der Waals surface area contributed by atoms with Crippen LogP contribution >= 0.6 is 56.8 Å². The van der Waals surface area contributed by atoms with Crippen LogP contribution in [0, 0.1) is 18.5 Å². The molecule has 2 nitrogen and oxygen atoms in total. The summed E-state index contributed by atoms with van der Waals surface area (Å²) >= 11 is 10.1. The van der Waals surface area contributed by atoms with Gasteiger partial charge in [0, 0.05) is 5.02 Å². The lowest BCUT2D eigenvalue weighted by molar-refractivity contribution is 0.363. The number of rotatable bonds is 2. The minimum absolute atomic E-state index is 0.0631. The van der Waals surface area contributed by atoms with Crippen LogP contribution in [0.3, 0.4) is 0 Å². The number of hydrogen-bond acceptors (Lipinski definition) is 2. The molecule has 0 spiro atoms. The van der Waals surface area contributed by atoms with Crippen LogP contribution in [0.15, 0.2) is 12.1 Å². The fraction of sp³-hybridized carbons (Fsp3) is 0.125. The number of ether oxygens (including phenoxy) is 1. The van der Waals surface area contributed by atoms with E-state index in [0.717, 1.165) is 12.9 Å². The van der Waals surface area contributed by atoms with Crippen LogP contribution in [0.1, 0.15) is 0 Å². The summed E-state index contributed by atoms with van der Waals surface area (Å²) in [6, 6.07) is 5.53. The molecule has 0 fully saturated rings. The van der Waals surface area contributed by atoms with E-state index in [1.165, 1.54) is 0 Å². The van der Waals surface area contributed by atoms with Gasteiger partial charge in [-0.05, 0) is 57.3 Å². The lowest BCUT2D eigenvalue weighted by Crippen LogP contribution is -1.97. The molecule has 0 radical (unpaired) electrons. The topological polar surface area (TPSA) is 33.0 Å². The maximum absolute atomic E-state index is 8.36. The average Bonchev–Trinajstić information content (AvgIpc) is 2.02. The molecule has 1 aromatic carbocycles. The van der Waals surface area contributed by atoms with Gasteiger partial charge in [-0.3, -0.25) is 0 Å². The normalized spacial score (nSPS) is 9.38. The van der Waals surface area contributed by atoms with Gasteiger partial charge in [-0.1, -0.05) is 11.6 Å². The van der Waals surface area contributed by atoms with Crippen molar-refractivity contribution in [3.8, 4) is 11.8 Å². The second kappa shape index (κ2) is 5.22. The van der Waals surface area contributed by atoms with Crippen LogP contribution in [0.2, 0.25) is 5.02 Å². The lowest BCUT2D eigenvalue weighted by Gasteiger charge is -2.07. The Labute approximate surface area is 108 Å². The van der Waals surface area contributed by atoms with Crippen LogP contribution in [0.4, 0.5) is 0 Å². The highest BCUT2D eigenvalue weighted by atomic mass is 127. The van der Waals surface area contributed by atoms with Crippen molar-refractivity contribution < 1.29 is 4.74 Å². The Balaban J connectivity index is 3.00. The molecule has 0 atom stereocenters. The molecule has 5 heteroatoms. The van der Waals surface area contributed by atoms with Gasteiger partial charge in [-0.25, -0.2) is 0 Å². The second-order valence-corrected chi connectivity index (χ2v) is 4.91. The minimum Gasteiger partial charge on any atom is -0.477 e. The quantitative estimate of drug-likeness (QED) is 0.688. The van der Waals surface area contributed by atoms with E-state index >= 15 is 0 Å². The molecular weight excluding hydrogens is 415 g/mol. The zero-order valence-electron chi connectivity index (χ0n) is 6.35. The van der Waals surface area contributed by atoms with Crippen molar-refractivity contribution in [1.29, 1.82) is 5.26 Å². The van der Waals surface area contributed by atoms with Crippen molar-refractivity contribution in [3.05, 3.63) is 24.3 Å². The van der Waals surface area contributed by atoms with Crippen molar-refractivity contribution >= 4 is 56.8 Å². The van der Waals surface area contributed by atoms with E-state index in [0.29, 0.717) is 5.02 Å². The number of benzene rings is 1. The molecule has 68 valence electrons. The third kappa shape index (κ3) is 3.14. The molecule has 1 rings (SSSR count). The highest BCUT2D eigenvalue weighted by Gasteiger charge is 2.07. The summed E-state index contributed by atoms with van der Waals surface area (Å²) in [5, 5.41) is 9.04.